The van der Waals surface area contributed by atoms with E-state index in [0.717, 1.165) is 18.9 Å². The van der Waals surface area contributed by atoms with Crippen LogP contribution in [-0.4, -0.2) is 200 Å². The number of anilines is 6. The molecule has 0 aromatic carbocycles. The molecule has 6 aliphatic rings. The Morgan fingerprint density at radius 2 is 0.870 bits per heavy atom. The molecule has 546 valence electrons. The third-order valence-electron chi connectivity index (χ3n) is 17.1. The second-order valence-electron chi connectivity index (χ2n) is 27.4. The fraction of sp³-hybridized carbons (Fsp3) is 0.636. The first-order chi connectivity index (χ1) is 47.4. The second kappa shape index (κ2) is 32.5. The van der Waals surface area contributed by atoms with Gasteiger partial charge in [-0.3, -0.25) is 14.6 Å². The molecule has 3 aliphatic carbocycles. The summed E-state index contributed by atoms with van der Waals surface area (Å²) in [6.45, 7) is 21.0. The maximum atomic E-state index is 14.0. The Morgan fingerprint density at radius 1 is 0.530 bits per heavy atom. The van der Waals surface area contributed by atoms with Gasteiger partial charge >= 0.3 is 12.2 Å². The Kier molecular flexibility index (Phi) is 24.6. The van der Waals surface area contributed by atoms with E-state index in [2.05, 4.69) is 50.1 Å². The van der Waals surface area contributed by atoms with E-state index in [4.69, 9.17) is 28.7 Å². The number of nitrogens with one attached hydrogen (secondary N) is 1. The predicted octanol–water partition coefficient (Wildman–Crippen LogP) is 12.9. The highest BCUT2D eigenvalue weighted by atomic mass is 32.1. The Morgan fingerprint density at radius 3 is 1.21 bits per heavy atom. The number of hydrogen-bond acceptors (Lipinski definition) is 26. The van der Waals surface area contributed by atoms with Gasteiger partial charge in [0.2, 0.25) is 17.8 Å². The maximum absolute atomic E-state index is 14.0. The molecule has 3 saturated heterocycles. The van der Waals surface area contributed by atoms with E-state index >= 15 is 0 Å². The van der Waals surface area contributed by atoms with E-state index < -0.39 is 65.4 Å². The normalized spacial score (nSPS) is 19.8. The number of morpholine rings is 3. The van der Waals surface area contributed by atoms with Gasteiger partial charge in [-0.25, -0.2) is 80.8 Å². The Hall–Kier alpha value is -7.08. The SMILES string of the molecule is CC(C)(C)OC(=O)N(c1cc(N2CCOCC2)nc(-c2nc(C=O)cs2)n1)C1CCC(F)(F)CC1.CC(O)c1csc(-c2nc(N3CCOCC3)cc(N(C(=O)OC(C)(C)C)C3CCC(F)(F)CC3)n2)n1.CC(O)c1csc(-c2nc(NC3CCC(F)(F)CC3)cc(N3CCOCC3)n2)n1. The Labute approximate surface area is 588 Å². The third kappa shape index (κ3) is 20.8. The van der Waals surface area contributed by atoms with Gasteiger partial charge in [0.1, 0.15) is 51.8 Å². The summed E-state index contributed by atoms with van der Waals surface area (Å²) in [6.07, 6.45) is -2.24. The average Bonchev–Trinajstić information content (AvgIpc) is 1.10. The number of carbonyl (C=O) groups is 3. The Balaban J connectivity index is 0.000000163. The summed E-state index contributed by atoms with van der Waals surface area (Å²) < 4.78 is 110. The van der Waals surface area contributed by atoms with Gasteiger partial charge in [-0.1, -0.05) is 0 Å². The lowest BCUT2D eigenvalue weighted by atomic mass is 9.91. The number of aromatic nitrogens is 9. The average molecular weight is 1460 g/mol. The van der Waals surface area contributed by atoms with Crippen molar-refractivity contribution in [2.24, 2.45) is 0 Å². The maximum Gasteiger partial charge on any atom is 0.416 e. The molecular weight excluding hydrogens is 1370 g/mol. The molecule has 0 radical (unpaired) electrons. The van der Waals surface area contributed by atoms with Crippen LogP contribution in [0.4, 0.5) is 70.8 Å². The summed E-state index contributed by atoms with van der Waals surface area (Å²) >= 11 is 3.87. The number of thiazole rings is 3. The number of aldehydes is 1. The monoisotopic (exact) mass is 1460 g/mol. The van der Waals surface area contributed by atoms with E-state index in [1.807, 2.05) is 15.9 Å². The van der Waals surface area contributed by atoms with Crippen LogP contribution in [0.1, 0.15) is 167 Å². The predicted molar refractivity (Wildman–Crippen MR) is 368 cm³/mol. The number of rotatable bonds is 15. The highest BCUT2D eigenvalue weighted by Crippen LogP contribution is 2.42. The van der Waals surface area contributed by atoms with Crippen LogP contribution in [-0.2, 0) is 23.7 Å². The molecule has 3 aliphatic heterocycles. The molecule has 100 heavy (non-hydrogen) atoms. The van der Waals surface area contributed by atoms with E-state index in [1.54, 1.807) is 83.7 Å². The van der Waals surface area contributed by atoms with Gasteiger partial charge in [0.25, 0.3) is 0 Å². The topological polar surface area (TPSA) is 282 Å². The molecule has 0 spiro atoms. The number of alkyl halides is 6. The van der Waals surface area contributed by atoms with E-state index in [9.17, 15) is 50.9 Å². The lowest BCUT2D eigenvalue weighted by molar-refractivity contribution is -0.0392. The number of hydrogen-bond donors (Lipinski definition) is 3. The molecule has 3 N–H and O–H groups in total. The zero-order chi connectivity index (χ0) is 71.7. The molecule has 2 amide bonds. The van der Waals surface area contributed by atoms with Gasteiger partial charge in [-0.15, -0.1) is 34.0 Å². The zero-order valence-corrected chi connectivity index (χ0v) is 59.8. The summed E-state index contributed by atoms with van der Waals surface area (Å²) in [5.41, 5.74) is -0.237. The molecule has 2 unspecified atom stereocenters. The first-order valence-electron chi connectivity index (χ1n) is 33.6. The zero-order valence-electron chi connectivity index (χ0n) is 57.3. The summed E-state index contributed by atoms with van der Waals surface area (Å²) in [6, 6.07) is 4.20. The number of carbonyl (C=O) groups excluding carboxylic acids is 3. The molecule has 25 nitrogen and oxygen atoms in total. The smallest absolute Gasteiger partial charge is 0.416 e. The van der Waals surface area contributed by atoms with Crippen LogP contribution in [0.2, 0.25) is 0 Å². The van der Waals surface area contributed by atoms with Crippen LogP contribution in [0.25, 0.3) is 32.5 Å². The number of amides is 2. The molecule has 6 fully saturated rings. The highest BCUT2D eigenvalue weighted by molar-refractivity contribution is 7.13. The van der Waals surface area contributed by atoms with Gasteiger partial charge in [0.05, 0.1) is 63.2 Å². The van der Waals surface area contributed by atoms with Crippen LogP contribution in [0.15, 0.2) is 34.3 Å². The molecule has 6 aromatic heterocycles. The second-order valence-corrected chi connectivity index (χ2v) is 30.0. The van der Waals surface area contributed by atoms with Crippen molar-refractivity contribution < 1.29 is 74.6 Å². The number of aliphatic hydroxyl groups excluding tert-OH is 2. The minimum Gasteiger partial charge on any atom is -0.443 e. The fourth-order valence-corrected chi connectivity index (χ4v) is 14.2. The summed E-state index contributed by atoms with van der Waals surface area (Å²) in [5, 5.41) is 29.7. The first kappa shape index (κ1) is 75.6. The first-order valence-corrected chi connectivity index (χ1v) is 36.3. The van der Waals surface area contributed by atoms with E-state index in [1.165, 1.54) is 43.8 Å². The Bertz CT molecular complexity index is 3700. The van der Waals surface area contributed by atoms with Crippen LogP contribution in [0.3, 0.4) is 0 Å². The fourth-order valence-electron chi connectivity index (χ4n) is 11.8. The van der Waals surface area contributed by atoms with Crippen molar-refractivity contribution in [3.8, 4) is 32.5 Å². The van der Waals surface area contributed by atoms with Crippen molar-refractivity contribution in [3.63, 3.8) is 0 Å². The van der Waals surface area contributed by atoms with Crippen molar-refractivity contribution >= 4 is 87.4 Å². The van der Waals surface area contributed by atoms with Gasteiger partial charge in [0.15, 0.2) is 38.8 Å². The van der Waals surface area contributed by atoms with Gasteiger partial charge in [-0.2, -0.15) is 0 Å². The summed E-state index contributed by atoms with van der Waals surface area (Å²) in [7, 11) is 0. The molecule has 3 saturated carbocycles. The van der Waals surface area contributed by atoms with Crippen LogP contribution >= 0.6 is 34.0 Å². The number of halogens is 6. The highest BCUT2D eigenvalue weighted by Gasteiger charge is 2.43. The minimum absolute atomic E-state index is 0.0424. The summed E-state index contributed by atoms with van der Waals surface area (Å²) in [4.78, 5) is 88.0. The molecular formula is C66H87F6N15O10S3. The van der Waals surface area contributed by atoms with Crippen molar-refractivity contribution in [2.45, 2.75) is 192 Å². The quantitative estimate of drug-likeness (QED) is 0.0636. The number of ether oxygens (including phenoxy) is 5. The molecule has 2 atom stereocenters. The largest absolute Gasteiger partial charge is 0.443 e. The van der Waals surface area contributed by atoms with E-state index in [-0.39, 0.29) is 93.4 Å². The minimum atomic E-state index is -2.75. The third-order valence-corrected chi connectivity index (χ3v) is 19.6. The lowest BCUT2D eigenvalue weighted by Gasteiger charge is -2.37. The van der Waals surface area contributed by atoms with Crippen molar-refractivity contribution in [2.75, 3.05) is 109 Å². The lowest BCUT2D eigenvalue weighted by Crippen LogP contribution is -2.47. The van der Waals surface area contributed by atoms with Crippen LogP contribution in [0.5, 0.6) is 0 Å². The molecule has 12 rings (SSSR count). The summed E-state index contributed by atoms with van der Waals surface area (Å²) in [5.74, 6) is -4.01. The van der Waals surface area contributed by atoms with Gasteiger partial charge < -0.3 is 53.9 Å². The standard InChI is InChI=1S/C24H33F2N5O4S.C23H29F2N5O4S.C19H25F2N5O2S/c1-15(32)17-14-36-21(27-17)20-28-18(30-9-11-34-12-10-30)13-19(29-20)31(22(33)35-23(2,3)4)16-5-7-24(25,26)8-6-16;1-22(2,3)34-21(32)30(16-4-6-23(24,25)7-5-16)18-12-17(29-8-10-33-11-9-29)27-19(28-18)20-26-15(13-31)14-35-20;1-12(27)14-11-29-18(23-14)17-24-15(22-13-2-4-19(20,21)5-3-13)10-16(25-17)26-6-8-28-9-7-26/h13-16,32H,5-12H2,1-4H3;12-14,16H,4-11H2,1-3H3;10-13,27H,2-9H2,1H3,(H,22,24,25). The van der Waals surface area contributed by atoms with Gasteiger partial charge in [-0.05, 0) is 93.9 Å². The van der Waals surface area contributed by atoms with E-state index in [0.29, 0.717) is 140 Å². The van der Waals surface area contributed by atoms with Crippen LogP contribution < -0.4 is 29.8 Å². The molecule has 34 heteroatoms. The molecule has 9 heterocycles. The van der Waals surface area contributed by atoms with Crippen molar-refractivity contribution in [1.82, 2.24) is 44.9 Å². The van der Waals surface area contributed by atoms with Gasteiger partial charge in [0, 0.05) is 130 Å². The van der Waals surface area contributed by atoms with Crippen LogP contribution in [0, 0.1) is 0 Å². The molecule has 6 aromatic rings. The van der Waals surface area contributed by atoms with Crippen molar-refractivity contribution in [1.29, 1.82) is 0 Å². The van der Waals surface area contributed by atoms with Crippen molar-refractivity contribution in [3.05, 3.63) is 51.4 Å². The molecule has 0 bridgehead atoms. The number of nitrogens with zero attached hydrogens (tertiary/aromatic N) is 14. The number of aliphatic hydroxyl groups is 2.